The van der Waals surface area contributed by atoms with Crippen LogP contribution in [0.15, 0.2) is 24.3 Å². The van der Waals surface area contributed by atoms with Crippen molar-refractivity contribution >= 4 is 11.8 Å². The van der Waals surface area contributed by atoms with E-state index in [1.54, 1.807) is 30.1 Å². The highest BCUT2D eigenvalue weighted by molar-refractivity contribution is 5.91. The van der Waals surface area contributed by atoms with E-state index in [0.29, 0.717) is 29.9 Å². The van der Waals surface area contributed by atoms with Crippen molar-refractivity contribution in [2.45, 2.75) is 64.0 Å². The van der Waals surface area contributed by atoms with E-state index in [9.17, 15) is 14.0 Å². The maximum atomic E-state index is 14.0. The summed E-state index contributed by atoms with van der Waals surface area (Å²) in [5, 5.41) is 0. The largest absolute Gasteiger partial charge is 0.340 e. The average Bonchev–Trinajstić information content (AvgIpc) is 3.17. The highest BCUT2D eigenvalue weighted by Gasteiger charge is 2.56. The second-order valence-corrected chi connectivity index (χ2v) is 10.1. The van der Waals surface area contributed by atoms with Crippen LogP contribution in [0, 0.1) is 29.0 Å². The third-order valence-corrected chi connectivity index (χ3v) is 8.03. The number of likely N-dealkylation sites (N-methyl/N-ethyl adjacent to an activating group) is 1. The summed E-state index contributed by atoms with van der Waals surface area (Å²) >= 11 is 0. The molecule has 4 saturated carbocycles. The molecule has 6 rings (SSSR count). The number of hydrogen-bond donors (Lipinski definition) is 0. The van der Waals surface area contributed by atoms with E-state index in [4.69, 9.17) is 0 Å². The van der Waals surface area contributed by atoms with Gasteiger partial charge >= 0.3 is 0 Å². The predicted octanol–water partition coefficient (Wildman–Crippen LogP) is 3.99. The molecule has 0 aromatic heterocycles. The molecule has 5 aliphatic rings. The van der Waals surface area contributed by atoms with E-state index < -0.39 is 0 Å². The van der Waals surface area contributed by atoms with Gasteiger partial charge in [0, 0.05) is 25.7 Å². The van der Waals surface area contributed by atoms with Crippen LogP contribution in [-0.2, 0) is 16.1 Å². The van der Waals surface area contributed by atoms with Gasteiger partial charge in [-0.2, -0.15) is 0 Å². The molecule has 5 fully saturated rings. The lowest BCUT2D eigenvalue weighted by molar-refractivity contribution is -0.161. The van der Waals surface area contributed by atoms with Gasteiger partial charge in [-0.3, -0.25) is 9.59 Å². The molecule has 5 heteroatoms. The Morgan fingerprint density at radius 3 is 2.34 bits per heavy atom. The maximum Gasteiger partial charge on any atom is 0.245 e. The van der Waals surface area contributed by atoms with Crippen LogP contribution in [-0.4, -0.2) is 41.2 Å². The van der Waals surface area contributed by atoms with Gasteiger partial charge in [-0.05, 0) is 75.2 Å². The molecule has 1 unspecified atom stereocenters. The highest BCUT2D eigenvalue weighted by Crippen LogP contribution is 2.60. The van der Waals surface area contributed by atoms with Crippen molar-refractivity contribution in [3.8, 4) is 0 Å². The molecule has 1 heterocycles. The van der Waals surface area contributed by atoms with Gasteiger partial charge < -0.3 is 9.80 Å². The minimum atomic E-state index is -0.382. The average molecular weight is 399 g/mol. The van der Waals surface area contributed by atoms with Gasteiger partial charge in [-0.1, -0.05) is 18.2 Å². The molecule has 1 aromatic carbocycles. The summed E-state index contributed by atoms with van der Waals surface area (Å²) in [7, 11) is 1.72. The summed E-state index contributed by atoms with van der Waals surface area (Å²) in [6.45, 7) is 0.923. The molecule has 4 aliphatic carbocycles. The number of amides is 2. The first-order chi connectivity index (χ1) is 13.9. The number of halogens is 1. The monoisotopic (exact) mass is 398 g/mol. The summed E-state index contributed by atoms with van der Waals surface area (Å²) in [5.74, 6) is 2.04. The smallest absolute Gasteiger partial charge is 0.245 e. The van der Waals surface area contributed by atoms with Gasteiger partial charge in [-0.15, -0.1) is 0 Å². The second-order valence-electron chi connectivity index (χ2n) is 10.1. The molecular formula is C24H31FN2O2. The molecule has 1 atom stereocenters. The minimum Gasteiger partial charge on any atom is -0.340 e. The van der Waals surface area contributed by atoms with Gasteiger partial charge in [0.05, 0.1) is 5.41 Å². The molecule has 29 heavy (non-hydrogen) atoms. The Bertz CT molecular complexity index is 788. The zero-order valence-corrected chi connectivity index (χ0v) is 17.3. The van der Waals surface area contributed by atoms with Crippen LogP contribution in [0.1, 0.15) is 56.9 Å². The van der Waals surface area contributed by atoms with Crippen molar-refractivity contribution < 1.29 is 14.0 Å². The zero-order chi connectivity index (χ0) is 20.2. The van der Waals surface area contributed by atoms with E-state index in [0.717, 1.165) is 32.1 Å². The maximum absolute atomic E-state index is 14.0. The molecule has 1 aliphatic heterocycles. The summed E-state index contributed by atoms with van der Waals surface area (Å²) < 4.78 is 14.0. The molecule has 156 valence electrons. The van der Waals surface area contributed by atoms with Gasteiger partial charge in [0.25, 0.3) is 0 Å². The topological polar surface area (TPSA) is 40.6 Å². The summed E-state index contributed by atoms with van der Waals surface area (Å²) in [5.41, 5.74) is 0.308. The van der Waals surface area contributed by atoms with Crippen molar-refractivity contribution in [1.29, 1.82) is 0 Å². The van der Waals surface area contributed by atoms with Crippen molar-refractivity contribution in [2.24, 2.45) is 23.2 Å². The van der Waals surface area contributed by atoms with Gasteiger partial charge in [0.2, 0.25) is 11.8 Å². The molecule has 1 saturated heterocycles. The quantitative estimate of drug-likeness (QED) is 0.769. The molecule has 4 bridgehead atoms. The Labute approximate surface area is 172 Å². The fraction of sp³-hybridized carbons (Fsp3) is 0.667. The Kier molecular flexibility index (Phi) is 4.67. The third-order valence-electron chi connectivity index (χ3n) is 8.03. The zero-order valence-electron chi connectivity index (χ0n) is 17.3. The van der Waals surface area contributed by atoms with Crippen LogP contribution in [0.5, 0.6) is 0 Å². The van der Waals surface area contributed by atoms with Crippen LogP contribution in [0.25, 0.3) is 0 Å². The van der Waals surface area contributed by atoms with Crippen molar-refractivity contribution in [2.75, 3.05) is 13.6 Å². The number of likely N-dealkylation sites (tertiary alicyclic amines) is 1. The number of nitrogens with zero attached hydrogens (tertiary/aromatic N) is 2. The Morgan fingerprint density at radius 2 is 1.72 bits per heavy atom. The van der Waals surface area contributed by atoms with Gasteiger partial charge in [0.1, 0.15) is 11.9 Å². The lowest BCUT2D eigenvalue weighted by atomic mass is 9.49. The minimum absolute atomic E-state index is 0.0520. The first-order valence-electron chi connectivity index (χ1n) is 11.2. The second kappa shape index (κ2) is 7.10. The van der Waals surface area contributed by atoms with Crippen LogP contribution in [0.4, 0.5) is 4.39 Å². The summed E-state index contributed by atoms with van der Waals surface area (Å²) in [6, 6.07) is 6.20. The number of hydrogen-bond acceptors (Lipinski definition) is 2. The van der Waals surface area contributed by atoms with E-state index in [1.165, 1.54) is 25.3 Å². The SMILES string of the molecule is CN(Cc1ccccc1F)C(=O)C1CCCN1C(=O)C12CC3CC(CC(C3)C1)C2. The van der Waals surface area contributed by atoms with Crippen LogP contribution < -0.4 is 0 Å². The van der Waals surface area contributed by atoms with Crippen molar-refractivity contribution in [3.05, 3.63) is 35.6 Å². The fourth-order valence-corrected chi connectivity index (χ4v) is 7.16. The van der Waals surface area contributed by atoms with E-state index in [2.05, 4.69) is 0 Å². The highest BCUT2D eigenvalue weighted by atomic mass is 19.1. The molecular weight excluding hydrogens is 367 g/mol. The van der Waals surface area contributed by atoms with Crippen LogP contribution in [0.2, 0.25) is 0 Å². The summed E-state index contributed by atoms with van der Waals surface area (Å²) in [6.07, 6.45) is 8.60. The van der Waals surface area contributed by atoms with Gasteiger partial charge in [0.15, 0.2) is 0 Å². The summed E-state index contributed by atoms with van der Waals surface area (Å²) in [4.78, 5) is 30.4. The van der Waals surface area contributed by atoms with Gasteiger partial charge in [-0.25, -0.2) is 4.39 Å². The first kappa shape index (κ1) is 19.1. The molecule has 0 spiro atoms. The van der Waals surface area contributed by atoms with Crippen molar-refractivity contribution in [1.82, 2.24) is 9.80 Å². The number of carbonyl (C=O) groups is 2. The lowest BCUT2D eigenvalue weighted by Crippen LogP contribution is -2.57. The Morgan fingerprint density at radius 1 is 1.10 bits per heavy atom. The van der Waals surface area contributed by atoms with Crippen LogP contribution >= 0.6 is 0 Å². The fourth-order valence-electron chi connectivity index (χ4n) is 7.16. The van der Waals surface area contributed by atoms with Crippen molar-refractivity contribution in [3.63, 3.8) is 0 Å². The van der Waals surface area contributed by atoms with Crippen LogP contribution in [0.3, 0.4) is 0 Å². The molecule has 4 nitrogen and oxygen atoms in total. The standard InChI is InChI=1S/C24H31FN2O2/c1-26(15-19-5-2-3-6-20(19)25)22(28)21-7-4-8-27(21)23(29)24-12-16-9-17(13-24)11-18(10-16)14-24/h2-3,5-6,16-18,21H,4,7-15H2,1H3. The van der Waals surface area contributed by atoms with E-state index in [1.807, 2.05) is 4.90 Å². The van der Waals surface area contributed by atoms with E-state index >= 15 is 0 Å². The molecule has 0 radical (unpaired) electrons. The Balaban J connectivity index is 1.31. The molecule has 2 amide bonds. The predicted molar refractivity (Wildman–Crippen MR) is 108 cm³/mol. The number of carbonyl (C=O) groups excluding carboxylic acids is 2. The Hall–Kier alpha value is -1.91. The number of rotatable bonds is 4. The number of benzene rings is 1. The normalized spacial score (nSPS) is 35.2. The lowest BCUT2D eigenvalue weighted by Gasteiger charge is -2.56. The van der Waals surface area contributed by atoms with E-state index in [-0.39, 0.29) is 35.6 Å². The third kappa shape index (κ3) is 3.27. The molecule has 1 aromatic rings. The first-order valence-corrected chi connectivity index (χ1v) is 11.2. The molecule has 0 N–H and O–H groups in total.